The highest BCUT2D eigenvalue weighted by Crippen LogP contribution is 2.36. The van der Waals surface area contributed by atoms with Gasteiger partial charge in [0.2, 0.25) is 0 Å². The van der Waals surface area contributed by atoms with E-state index in [1.807, 2.05) is 56.3 Å². The van der Waals surface area contributed by atoms with E-state index in [2.05, 4.69) is 30.3 Å². The van der Waals surface area contributed by atoms with Gasteiger partial charge in [0, 0.05) is 18.8 Å². The summed E-state index contributed by atoms with van der Waals surface area (Å²) in [5.74, 6) is -0.467. The lowest BCUT2D eigenvalue weighted by Gasteiger charge is -2.19. The molecule has 5 nitrogen and oxygen atoms in total. The first-order valence-corrected chi connectivity index (χ1v) is 13.5. The highest BCUT2D eigenvalue weighted by atomic mass is 16.5. The highest BCUT2D eigenvalue weighted by molar-refractivity contribution is 5.69. The molecule has 5 atom stereocenters. The Hall–Kier alpha value is -2.73. The minimum absolute atomic E-state index is 0.0901. The molecule has 1 saturated carbocycles. The van der Waals surface area contributed by atoms with Crippen molar-refractivity contribution in [3.63, 3.8) is 0 Å². The number of rotatable bonds is 13. The van der Waals surface area contributed by atoms with E-state index in [-0.39, 0.29) is 23.9 Å². The maximum absolute atomic E-state index is 11.6. The quantitative estimate of drug-likeness (QED) is 0.186. The first-order valence-electron chi connectivity index (χ1n) is 13.5. The fraction of sp³-hybridized carbons (Fsp3) is 0.469. The van der Waals surface area contributed by atoms with Gasteiger partial charge in [0.25, 0.3) is 0 Å². The van der Waals surface area contributed by atoms with E-state index in [1.165, 1.54) is 11.1 Å². The molecule has 37 heavy (non-hydrogen) atoms. The van der Waals surface area contributed by atoms with Crippen molar-refractivity contribution in [2.24, 2.45) is 11.8 Å². The van der Waals surface area contributed by atoms with Gasteiger partial charge in [0.15, 0.2) is 0 Å². The Kier molecular flexibility index (Phi) is 11.6. The van der Waals surface area contributed by atoms with Gasteiger partial charge >= 0.3 is 5.97 Å². The largest absolute Gasteiger partial charge is 0.463 e. The molecular formula is C32H42O5. The van der Waals surface area contributed by atoms with Crippen LogP contribution in [-0.2, 0) is 16.0 Å². The zero-order chi connectivity index (χ0) is 26.6. The Morgan fingerprint density at radius 2 is 1.78 bits per heavy atom. The van der Waals surface area contributed by atoms with Gasteiger partial charge in [-0.25, -0.2) is 0 Å². The van der Waals surface area contributed by atoms with Crippen molar-refractivity contribution in [1.82, 2.24) is 0 Å². The lowest BCUT2D eigenvalue weighted by atomic mass is 9.89. The molecule has 0 unspecified atom stereocenters. The van der Waals surface area contributed by atoms with Crippen molar-refractivity contribution in [2.75, 3.05) is 0 Å². The number of aryl methyl sites for hydroxylation is 1. The van der Waals surface area contributed by atoms with Crippen LogP contribution in [0.15, 0.2) is 78.9 Å². The molecule has 200 valence electrons. The fourth-order valence-electron chi connectivity index (χ4n) is 4.97. The summed E-state index contributed by atoms with van der Waals surface area (Å²) in [6.07, 6.45) is 10.0. The summed E-state index contributed by atoms with van der Waals surface area (Å²) < 4.78 is 5.14. The van der Waals surface area contributed by atoms with Crippen molar-refractivity contribution >= 4 is 5.97 Å². The van der Waals surface area contributed by atoms with Crippen molar-refractivity contribution in [3.8, 4) is 11.1 Å². The third-order valence-electron chi connectivity index (χ3n) is 6.93. The van der Waals surface area contributed by atoms with Crippen LogP contribution in [0.2, 0.25) is 0 Å². The topological polar surface area (TPSA) is 87.0 Å². The molecule has 5 heteroatoms. The summed E-state index contributed by atoms with van der Waals surface area (Å²) >= 11 is 0. The van der Waals surface area contributed by atoms with Gasteiger partial charge in [-0.1, -0.05) is 78.9 Å². The summed E-state index contributed by atoms with van der Waals surface area (Å²) in [4.78, 5) is 11.6. The zero-order valence-corrected chi connectivity index (χ0v) is 22.1. The summed E-state index contributed by atoms with van der Waals surface area (Å²) in [5, 5.41) is 31.6. The molecule has 3 N–H and O–H groups in total. The van der Waals surface area contributed by atoms with E-state index in [0.717, 1.165) is 24.8 Å². The van der Waals surface area contributed by atoms with Gasteiger partial charge in [-0.05, 0) is 68.6 Å². The maximum atomic E-state index is 11.6. The van der Waals surface area contributed by atoms with E-state index < -0.39 is 18.3 Å². The number of allylic oxidation sites excluding steroid dienone is 2. The van der Waals surface area contributed by atoms with Crippen molar-refractivity contribution in [1.29, 1.82) is 0 Å². The van der Waals surface area contributed by atoms with E-state index in [4.69, 9.17) is 4.74 Å². The highest BCUT2D eigenvalue weighted by Gasteiger charge is 2.39. The first kappa shape index (κ1) is 28.8. The smallest absolute Gasteiger partial charge is 0.306 e. The molecule has 0 amide bonds. The van der Waals surface area contributed by atoms with Crippen LogP contribution in [0, 0.1) is 11.8 Å². The van der Waals surface area contributed by atoms with Gasteiger partial charge in [-0.15, -0.1) is 0 Å². The number of unbranched alkanes of at least 4 members (excludes halogenated alkanes) is 1. The number of ether oxygens (including phenoxy) is 1. The molecule has 2 aromatic carbocycles. The predicted octanol–water partition coefficient (Wildman–Crippen LogP) is 5.63. The van der Waals surface area contributed by atoms with Crippen LogP contribution in [0.4, 0.5) is 0 Å². The standard InChI is InChI=1S/C32H42O5/c1-23(2)37-32(36)16-9-4-3-8-15-28-29(31(35)22-30(28)34)20-19-27(33)18-17-24-11-10-14-26(21-24)25-12-6-5-7-13-25/h3,5-8,10-14,19-21,23,27-31,33-35H,4,9,15-18,22H2,1-2H3/b8-3-,20-19+/t27-,28-,29-,30+,31-/m1/s1. The van der Waals surface area contributed by atoms with Crippen LogP contribution in [0.25, 0.3) is 11.1 Å². The van der Waals surface area contributed by atoms with E-state index in [9.17, 15) is 20.1 Å². The molecule has 0 bridgehead atoms. The van der Waals surface area contributed by atoms with Crippen LogP contribution in [0.1, 0.15) is 57.9 Å². The first-order chi connectivity index (χ1) is 17.8. The Morgan fingerprint density at radius 1 is 1.03 bits per heavy atom. The number of carbonyl (C=O) groups is 1. The van der Waals surface area contributed by atoms with Gasteiger partial charge in [-0.3, -0.25) is 4.79 Å². The normalized spacial score (nSPS) is 22.8. The second-order valence-electron chi connectivity index (χ2n) is 10.3. The summed E-state index contributed by atoms with van der Waals surface area (Å²) in [5.41, 5.74) is 3.51. The van der Waals surface area contributed by atoms with Gasteiger partial charge < -0.3 is 20.1 Å². The molecular weight excluding hydrogens is 464 g/mol. The third kappa shape index (κ3) is 9.58. The molecule has 0 spiro atoms. The van der Waals surface area contributed by atoms with Crippen LogP contribution in [-0.4, -0.2) is 45.7 Å². The third-order valence-corrected chi connectivity index (χ3v) is 6.93. The molecule has 2 aromatic rings. The van der Waals surface area contributed by atoms with E-state index in [1.54, 1.807) is 6.08 Å². The molecule has 0 radical (unpaired) electrons. The molecule has 1 aliphatic rings. The number of carbonyl (C=O) groups excluding carboxylic acids is 1. The van der Waals surface area contributed by atoms with Gasteiger partial charge in [-0.2, -0.15) is 0 Å². The van der Waals surface area contributed by atoms with Crippen LogP contribution < -0.4 is 0 Å². The number of hydrogen-bond donors (Lipinski definition) is 3. The van der Waals surface area contributed by atoms with E-state index in [0.29, 0.717) is 25.7 Å². The summed E-state index contributed by atoms with van der Waals surface area (Å²) in [7, 11) is 0. The Balaban J connectivity index is 1.46. The molecule has 3 rings (SSSR count). The number of esters is 1. The number of benzene rings is 2. The molecule has 0 aliphatic heterocycles. The monoisotopic (exact) mass is 506 g/mol. The van der Waals surface area contributed by atoms with Crippen LogP contribution >= 0.6 is 0 Å². The SMILES string of the molecule is CC(C)OC(=O)CCC/C=C\C[C@@H]1[C@@H](/C=C/[C@H](O)CCc2cccc(-c3ccccc3)c2)[C@H](O)C[C@@H]1O. The summed E-state index contributed by atoms with van der Waals surface area (Å²) in [6.45, 7) is 3.68. The van der Waals surface area contributed by atoms with Crippen molar-refractivity contribution in [2.45, 2.75) is 83.2 Å². The second-order valence-corrected chi connectivity index (χ2v) is 10.3. The van der Waals surface area contributed by atoms with Gasteiger partial charge in [0.1, 0.15) is 0 Å². The number of hydrogen-bond acceptors (Lipinski definition) is 5. The summed E-state index contributed by atoms with van der Waals surface area (Å²) in [6, 6.07) is 18.6. The minimum atomic E-state index is -0.620. The predicted molar refractivity (Wildman–Crippen MR) is 148 cm³/mol. The van der Waals surface area contributed by atoms with Crippen LogP contribution in [0.5, 0.6) is 0 Å². The lowest BCUT2D eigenvalue weighted by molar-refractivity contribution is -0.147. The average Bonchev–Trinajstić information content (AvgIpc) is 3.15. The van der Waals surface area contributed by atoms with Crippen molar-refractivity contribution in [3.05, 3.63) is 84.5 Å². The number of aliphatic hydroxyl groups excluding tert-OH is 3. The lowest BCUT2D eigenvalue weighted by Crippen LogP contribution is -2.20. The van der Waals surface area contributed by atoms with Crippen molar-refractivity contribution < 1.29 is 24.9 Å². The molecule has 0 aromatic heterocycles. The minimum Gasteiger partial charge on any atom is -0.463 e. The molecule has 1 aliphatic carbocycles. The molecule has 0 heterocycles. The maximum Gasteiger partial charge on any atom is 0.306 e. The molecule has 1 fully saturated rings. The average molecular weight is 507 g/mol. The Bertz CT molecular complexity index is 1010. The van der Waals surface area contributed by atoms with E-state index >= 15 is 0 Å². The van der Waals surface area contributed by atoms with Gasteiger partial charge in [0.05, 0.1) is 24.4 Å². The fourth-order valence-corrected chi connectivity index (χ4v) is 4.97. The number of aliphatic hydroxyl groups is 3. The zero-order valence-electron chi connectivity index (χ0n) is 22.1. The molecule has 0 saturated heterocycles. The Labute approximate surface area is 221 Å². The Morgan fingerprint density at radius 3 is 2.54 bits per heavy atom. The van der Waals surface area contributed by atoms with Crippen LogP contribution in [0.3, 0.4) is 0 Å². The second kappa shape index (κ2) is 14.9.